The molecule has 0 atom stereocenters. The Balaban J connectivity index is 1.56. The zero-order valence-electron chi connectivity index (χ0n) is 18.0. The first kappa shape index (κ1) is 21.1. The summed E-state index contributed by atoms with van der Waals surface area (Å²) >= 11 is 5.77. The number of aryl methyl sites for hydroxylation is 3. The van der Waals surface area contributed by atoms with Crippen LogP contribution in [0.25, 0.3) is 10.9 Å². The van der Waals surface area contributed by atoms with Crippen LogP contribution in [0.3, 0.4) is 0 Å². The number of aromatic nitrogens is 1. The van der Waals surface area contributed by atoms with Crippen molar-refractivity contribution in [1.82, 2.24) is 9.88 Å². The Morgan fingerprint density at radius 3 is 2.71 bits per heavy atom. The molecule has 31 heavy (non-hydrogen) atoms. The molecule has 0 aliphatic heterocycles. The van der Waals surface area contributed by atoms with E-state index in [1.807, 2.05) is 19.1 Å². The lowest BCUT2D eigenvalue weighted by atomic mass is 10.1. The molecule has 0 aliphatic rings. The summed E-state index contributed by atoms with van der Waals surface area (Å²) in [5.74, 6) is 0.610. The lowest BCUT2D eigenvalue weighted by molar-refractivity contribution is 0.368. The van der Waals surface area contributed by atoms with E-state index in [9.17, 15) is 4.39 Å². The third-order valence-electron chi connectivity index (χ3n) is 5.55. The van der Waals surface area contributed by atoms with Crippen LogP contribution in [0.15, 0.2) is 59.2 Å². The van der Waals surface area contributed by atoms with Crippen LogP contribution in [0, 0.1) is 26.6 Å². The number of hydrogen-bond acceptors (Lipinski definition) is 2. The van der Waals surface area contributed by atoms with Gasteiger partial charge in [0, 0.05) is 28.8 Å². The molecule has 160 valence electrons. The van der Waals surface area contributed by atoms with Crippen LogP contribution >= 0.6 is 12.2 Å². The molecule has 0 fully saturated rings. The molecular formula is C25H26FN3OS. The van der Waals surface area contributed by atoms with Gasteiger partial charge in [-0.25, -0.2) is 4.39 Å². The van der Waals surface area contributed by atoms with E-state index in [-0.39, 0.29) is 5.82 Å². The summed E-state index contributed by atoms with van der Waals surface area (Å²) in [7, 11) is 0. The Hall–Kier alpha value is -3.12. The van der Waals surface area contributed by atoms with Crippen LogP contribution in [-0.4, -0.2) is 21.5 Å². The highest BCUT2D eigenvalue weighted by Gasteiger charge is 2.16. The zero-order valence-corrected chi connectivity index (χ0v) is 18.8. The molecule has 4 aromatic rings. The minimum absolute atomic E-state index is 0.229. The summed E-state index contributed by atoms with van der Waals surface area (Å²) < 4.78 is 19.4. The molecule has 4 rings (SSSR count). The van der Waals surface area contributed by atoms with Gasteiger partial charge in [0.15, 0.2) is 5.11 Å². The molecule has 2 aromatic carbocycles. The minimum atomic E-state index is -0.229. The maximum Gasteiger partial charge on any atom is 0.173 e. The van der Waals surface area contributed by atoms with Gasteiger partial charge >= 0.3 is 0 Å². The van der Waals surface area contributed by atoms with Gasteiger partial charge < -0.3 is 19.6 Å². The fraction of sp³-hybridized carbons (Fsp3) is 0.240. The number of H-pyrrole nitrogens is 1. The van der Waals surface area contributed by atoms with Gasteiger partial charge in [-0.2, -0.15) is 0 Å². The summed E-state index contributed by atoms with van der Waals surface area (Å²) in [5.41, 5.74) is 6.44. The predicted molar refractivity (Wildman–Crippen MR) is 128 cm³/mol. The molecule has 2 aromatic heterocycles. The van der Waals surface area contributed by atoms with E-state index >= 15 is 0 Å². The van der Waals surface area contributed by atoms with E-state index in [0.29, 0.717) is 18.2 Å². The largest absolute Gasteiger partial charge is 0.467 e. The highest BCUT2D eigenvalue weighted by atomic mass is 32.1. The second-order valence-electron chi connectivity index (χ2n) is 7.92. The summed E-state index contributed by atoms with van der Waals surface area (Å²) in [6.07, 6.45) is 2.39. The molecule has 0 saturated heterocycles. The number of anilines is 1. The van der Waals surface area contributed by atoms with Gasteiger partial charge in [0.05, 0.1) is 12.8 Å². The first-order valence-electron chi connectivity index (χ1n) is 10.3. The Kier molecular flexibility index (Phi) is 6.09. The number of nitrogens with zero attached hydrogens (tertiary/aromatic N) is 1. The first-order valence-corrected chi connectivity index (χ1v) is 10.7. The van der Waals surface area contributed by atoms with Gasteiger partial charge in [-0.05, 0) is 86.9 Å². The first-order chi connectivity index (χ1) is 14.9. The van der Waals surface area contributed by atoms with Crippen molar-refractivity contribution in [2.24, 2.45) is 0 Å². The standard InChI is InChI=1S/C25H26FN3OS/c1-16-6-8-23(17(2)13-16)28-25(31)29(15-20-5-4-12-30-20)11-10-21-18(3)27-24-9-7-19(26)14-22(21)24/h4-9,12-14,27H,10-11,15H2,1-3H3,(H,28,31). The topological polar surface area (TPSA) is 44.2 Å². The van der Waals surface area contributed by atoms with E-state index in [1.165, 1.54) is 11.6 Å². The fourth-order valence-corrected chi connectivity index (χ4v) is 4.18. The molecule has 0 amide bonds. The van der Waals surface area contributed by atoms with E-state index in [0.717, 1.165) is 45.6 Å². The van der Waals surface area contributed by atoms with Gasteiger partial charge in [0.25, 0.3) is 0 Å². The van der Waals surface area contributed by atoms with Crippen LogP contribution < -0.4 is 5.32 Å². The van der Waals surface area contributed by atoms with Crippen LogP contribution in [0.1, 0.15) is 28.1 Å². The predicted octanol–water partition coefficient (Wildman–Crippen LogP) is 6.27. The molecule has 6 heteroatoms. The number of aromatic amines is 1. The monoisotopic (exact) mass is 435 g/mol. The molecule has 4 nitrogen and oxygen atoms in total. The van der Waals surface area contributed by atoms with Crippen LogP contribution in [0.4, 0.5) is 10.1 Å². The molecular weight excluding hydrogens is 409 g/mol. The molecule has 0 saturated carbocycles. The van der Waals surface area contributed by atoms with Gasteiger partial charge in [0.1, 0.15) is 11.6 Å². The summed E-state index contributed by atoms with van der Waals surface area (Å²) in [5, 5.41) is 4.94. The normalized spacial score (nSPS) is 11.1. The van der Waals surface area contributed by atoms with Crippen molar-refractivity contribution in [2.45, 2.75) is 33.7 Å². The quantitative estimate of drug-likeness (QED) is 0.351. The summed E-state index contributed by atoms with van der Waals surface area (Å²) in [6, 6.07) is 14.9. The Bertz CT molecular complexity index is 1210. The highest BCUT2D eigenvalue weighted by molar-refractivity contribution is 7.80. The van der Waals surface area contributed by atoms with Crippen molar-refractivity contribution in [3.8, 4) is 0 Å². The maximum absolute atomic E-state index is 13.8. The van der Waals surface area contributed by atoms with Gasteiger partial charge in [-0.3, -0.25) is 0 Å². The number of furan rings is 1. The number of benzene rings is 2. The number of rotatable bonds is 6. The zero-order chi connectivity index (χ0) is 22.0. The van der Waals surface area contributed by atoms with E-state index in [4.69, 9.17) is 16.6 Å². The third kappa shape index (κ3) is 4.80. The molecule has 0 aliphatic carbocycles. The number of fused-ring (bicyclic) bond motifs is 1. The Morgan fingerprint density at radius 1 is 1.13 bits per heavy atom. The number of nitrogens with one attached hydrogen (secondary N) is 2. The average molecular weight is 436 g/mol. The van der Waals surface area contributed by atoms with Crippen LogP contribution in [0.2, 0.25) is 0 Å². The van der Waals surface area contributed by atoms with Gasteiger partial charge in [-0.15, -0.1) is 0 Å². The smallest absolute Gasteiger partial charge is 0.173 e. The average Bonchev–Trinajstić information content (AvgIpc) is 3.34. The Morgan fingerprint density at radius 2 is 1.97 bits per heavy atom. The van der Waals surface area contributed by atoms with Crippen molar-refractivity contribution in [3.05, 3.63) is 88.8 Å². The molecule has 0 spiro atoms. The fourth-order valence-electron chi connectivity index (χ4n) is 3.91. The molecule has 2 heterocycles. The third-order valence-corrected chi connectivity index (χ3v) is 5.91. The maximum atomic E-state index is 13.8. The van der Waals surface area contributed by atoms with E-state index < -0.39 is 0 Å². The highest BCUT2D eigenvalue weighted by Crippen LogP contribution is 2.24. The number of thiocarbonyl (C=S) groups is 1. The van der Waals surface area contributed by atoms with E-state index in [1.54, 1.807) is 18.4 Å². The van der Waals surface area contributed by atoms with E-state index in [2.05, 4.69) is 47.2 Å². The summed E-state index contributed by atoms with van der Waals surface area (Å²) in [6.45, 7) is 7.39. The van der Waals surface area contributed by atoms with Crippen LogP contribution in [0.5, 0.6) is 0 Å². The van der Waals surface area contributed by atoms with Crippen molar-refractivity contribution in [1.29, 1.82) is 0 Å². The second kappa shape index (κ2) is 8.94. The van der Waals surface area contributed by atoms with Crippen molar-refractivity contribution >= 4 is 33.9 Å². The summed E-state index contributed by atoms with van der Waals surface area (Å²) in [4.78, 5) is 5.44. The molecule has 0 bridgehead atoms. The van der Waals surface area contributed by atoms with Crippen molar-refractivity contribution in [2.75, 3.05) is 11.9 Å². The van der Waals surface area contributed by atoms with Crippen molar-refractivity contribution < 1.29 is 8.81 Å². The number of halogens is 1. The molecule has 0 unspecified atom stereocenters. The second-order valence-corrected chi connectivity index (χ2v) is 8.30. The van der Waals surface area contributed by atoms with Gasteiger partial charge in [-0.1, -0.05) is 17.7 Å². The minimum Gasteiger partial charge on any atom is -0.467 e. The number of hydrogen-bond donors (Lipinski definition) is 2. The molecule has 2 N–H and O–H groups in total. The SMILES string of the molecule is Cc1ccc(NC(=S)N(CCc2c(C)[nH]c3ccc(F)cc23)Cc2ccco2)c(C)c1. The van der Waals surface area contributed by atoms with Crippen LogP contribution in [-0.2, 0) is 13.0 Å². The Labute approximate surface area is 187 Å². The van der Waals surface area contributed by atoms with Gasteiger partial charge in [0.2, 0.25) is 0 Å². The lowest BCUT2D eigenvalue weighted by Crippen LogP contribution is -2.36. The lowest BCUT2D eigenvalue weighted by Gasteiger charge is -2.26. The van der Waals surface area contributed by atoms with Crippen molar-refractivity contribution in [3.63, 3.8) is 0 Å². The molecule has 0 radical (unpaired) electrons.